The van der Waals surface area contributed by atoms with E-state index in [9.17, 15) is 9.59 Å². The van der Waals surface area contributed by atoms with Crippen molar-refractivity contribution in [3.8, 4) is 0 Å². The second kappa shape index (κ2) is 9.92. The zero-order valence-electron chi connectivity index (χ0n) is 21.9. The third-order valence-corrected chi connectivity index (χ3v) is 9.75. The third kappa shape index (κ3) is 4.51. The molecule has 194 valence electrons. The standard InChI is InChI=1S/C30H41N3O3/c1-3-36-30(35)28-29(34)33(27-7-5-4-6-26(27)31-28)24-11-9-20-8-10-23(17-24)32(18-20)25-15-21-12-19(2)13-22(14-21)16-25/h4-7,19-25H,3,8-18H2,1-2H3/t19?,20?,21-,22+,23-,24-,25?/m1/s1. The molecule has 1 aromatic carbocycles. The molecule has 4 bridgehead atoms. The number of benzene rings is 1. The van der Waals surface area contributed by atoms with E-state index in [1.165, 1.54) is 51.5 Å². The number of carbonyl (C=O) groups excluding carboxylic acids is 1. The third-order valence-electron chi connectivity index (χ3n) is 9.75. The summed E-state index contributed by atoms with van der Waals surface area (Å²) in [6.45, 7) is 5.68. The summed E-state index contributed by atoms with van der Waals surface area (Å²) < 4.78 is 7.12. The van der Waals surface area contributed by atoms with Gasteiger partial charge in [0, 0.05) is 24.7 Å². The van der Waals surface area contributed by atoms with Gasteiger partial charge in [-0.2, -0.15) is 0 Å². The van der Waals surface area contributed by atoms with Crippen molar-refractivity contribution >= 4 is 17.0 Å². The number of piperidine rings is 1. The van der Waals surface area contributed by atoms with Gasteiger partial charge in [-0.05, 0) is 107 Å². The molecule has 6 heteroatoms. The predicted octanol–water partition coefficient (Wildman–Crippen LogP) is 5.59. The summed E-state index contributed by atoms with van der Waals surface area (Å²) in [6, 6.07) is 9.06. The minimum Gasteiger partial charge on any atom is -0.461 e. The fraction of sp³-hybridized carbons (Fsp3) is 0.700. The normalized spacial score (nSPS) is 34.8. The highest BCUT2D eigenvalue weighted by Gasteiger charge is 2.42. The van der Waals surface area contributed by atoms with Gasteiger partial charge in [0.15, 0.2) is 0 Å². The Hall–Kier alpha value is -2.21. The Bertz CT molecular complexity index is 1160. The minimum atomic E-state index is -0.612. The second-order valence-corrected chi connectivity index (χ2v) is 12.3. The Morgan fingerprint density at radius 2 is 1.64 bits per heavy atom. The lowest BCUT2D eigenvalue weighted by Gasteiger charge is -2.52. The molecule has 5 aliphatic rings. The van der Waals surface area contributed by atoms with Crippen LogP contribution in [0.15, 0.2) is 29.1 Å². The van der Waals surface area contributed by atoms with Gasteiger partial charge in [0.2, 0.25) is 5.69 Å². The van der Waals surface area contributed by atoms with Gasteiger partial charge in [-0.3, -0.25) is 9.69 Å². The number of esters is 1. The van der Waals surface area contributed by atoms with Crippen LogP contribution in [0.2, 0.25) is 0 Å². The first-order valence-corrected chi connectivity index (χ1v) is 14.4. The second-order valence-electron chi connectivity index (χ2n) is 12.3. The summed E-state index contributed by atoms with van der Waals surface area (Å²) in [5.41, 5.74) is 1.17. The fourth-order valence-corrected chi connectivity index (χ4v) is 8.43. The number of ether oxygens (including phenoxy) is 1. The number of nitrogens with zero attached hydrogens (tertiary/aromatic N) is 3. The molecule has 1 aromatic heterocycles. The summed E-state index contributed by atoms with van der Waals surface area (Å²) >= 11 is 0. The van der Waals surface area contributed by atoms with E-state index in [2.05, 4.69) is 16.8 Å². The smallest absolute Gasteiger partial charge is 0.362 e. The zero-order chi connectivity index (χ0) is 24.8. The lowest BCUT2D eigenvalue weighted by molar-refractivity contribution is -0.0171. The van der Waals surface area contributed by atoms with Crippen molar-refractivity contribution in [3.05, 3.63) is 40.3 Å². The molecule has 3 heterocycles. The van der Waals surface area contributed by atoms with Crippen LogP contribution in [0.1, 0.15) is 94.6 Å². The average Bonchev–Trinajstić information content (AvgIpc) is 2.84. The topological polar surface area (TPSA) is 64.4 Å². The van der Waals surface area contributed by atoms with Crippen LogP contribution in [0.25, 0.3) is 11.0 Å². The molecule has 36 heavy (non-hydrogen) atoms. The van der Waals surface area contributed by atoms with E-state index in [4.69, 9.17) is 4.74 Å². The van der Waals surface area contributed by atoms with Crippen molar-refractivity contribution in [1.82, 2.24) is 14.5 Å². The van der Waals surface area contributed by atoms with E-state index in [1.807, 2.05) is 28.8 Å². The molecule has 0 radical (unpaired) electrons. The van der Waals surface area contributed by atoms with Gasteiger partial charge >= 0.3 is 5.97 Å². The van der Waals surface area contributed by atoms with Crippen LogP contribution in [0.3, 0.4) is 0 Å². The molecule has 6 nitrogen and oxygen atoms in total. The number of rotatable bonds is 4. The quantitative estimate of drug-likeness (QED) is 0.522. The summed E-state index contributed by atoms with van der Waals surface area (Å²) in [4.78, 5) is 33.7. The van der Waals surface area contributed by atoms with Gasteiger partial charge in [0.05, 0.1) is 17.6 Å². The highest BCUT2D eigenvalue weighted by Crippen LogP contribution is 2.46. The molecular formula is C30H41N3O3. The van der Waals surface area contributed by atoms with Gasteiger partial charge in [-0.25, -0.2) is 9.78 Å². The molecule has 3 aliphatic carbocycles. The van der Waals surface area contributed by atoms with E-state index >= 15 is 0 Å². The summed E-state index contributed by atoms with van der Waals surface area (Å²) in [6.07, 6.45) is 12.6. The first kappa shape index (κ1) is 24.1. The summed E-state index contributed by atoms with van der Waals surface area (Å²) in [5, 5.41) is 0. The molecule has 2 aliphatic heterocycles. The Kier molecular flexibility index (Phi) is 6.65. The maximum absolute atomic E-state index is 13.7. The summed E-state index contributed by atoms with van der Waals surface area (Å²) in [5.74, 6) is 2.78. The van der Waals surface area contributed by atoms with E-state index in [0.717, 1.165) is 42.5 Å². The van der Waals surface area contributed by atoms with Crippen LogP contribution in [-0.2, 0) is 4.74 Å². The van der Waals surface area contributed by atoms with Crippen molar-refractivity contribution in [2.75, 3.05) is 13.2 Å². The molecule has 3 saturated carbocycles. The molecule has 5 fully saturated rings. The molecule has 0 spiro atoms. The largest absolute Gasteiger partial charge is 0.461 e. The minimum absolute atomic E-state index is 0.0751. The highest BCUT2D eigenvalue weighted by molar-refractivity contribution is 5.89. The molecule has 7 atom stereocenters. The summed E-state index contributed by atoms with van der Waals surface area (Å²) in [7, 11) is 0. The van der Waals surface area contributed by atoms with Gasteiger partial charge in [0.1, 0.15) is 0 Å². The lowest BCUT2D eigenvalue weighted by atomic mass is 9.66. The SMILES string of the molecule is CCOC(=O)c1nc2ccccc2n([C@@H]2CCC3CC[C@H](C2)N(C2C[C@H]4CC(C)C[C@@H](C2)C4)C3)c1=O. The molecule has 7 rings (SSSR count). The van der Waals surface area contributed by atoms with Gasteiger partial charge in [-0.15, -0.1) is 0 Å². The van der Waals surface area contributed by atoms with Crippen molar-refractivity contribution < 1.29 is 9.53 Å². The number of hydrogen-bond acceptors (Lipinski definition) is 5. The van der Waals surface area contributed by atoms with E-state index in [1.54, 1.807) is 6.92 Å². The Morgan fingerprint density at radius 1 is 0.917 bits per heavy atom. The average molecular weight is 492 g/mol. The monoisotopic (exact) mass is 491 g/mol. The number of hydrogen-bond donors (Lipinski definition) is 0. The Balaban J connectivity index is 1.33. The van der Waals surface area contributed by atoms with Crippen LogP contribution in [0.4, 0.5) is 0 Å². The highest BCUT2D eigenvalue weighted by atomic mass is 16.5. The maximum atomic E-state index is 13.7. The van der Waals surface area contributed by atoms with Crippen LogP contribution < -0.4 is 5.56 Å². The Labute approximate surface area is 214 Å². The van der Waals surface area contributed by atoms with Crippen molar-refractivity contribution in [2.24, 2.45) is 23.7 Å². The number of para-hydroxylation sites is 2. The molecule has 0 amide bonds. The van der Waals surface area contributed by atoms with Crippen LogP contribution >= 0.6 is 0 Å². The van der Waals surface area contributed by atoms with Crippen molar-refractivity contribution in [2.45, 2.75) is 96.2 Å². The van der Waals surface area contributed by atoms with Gasteiger partial charge in [-0.1, -0.05) is 19.1 Å². The number of carbonyl (C=O) groups is 1. The van der Waals surface area contributed by atoms with Gasteiger partial charge in [0.25, 0.3) is 5.56 Å². The Morgan fingerprint density at radius 3 is 2.39 bits per heavy atom. The molecule has 0 N–H and O–H groups in total. The lowest BCUT2D eigenvalue weighted by Crippen LogP contribution is -2.54. The first-order valence-electron chi connectivity index (χ1n) is 14.4. The molecule has 2 aromatic rings. The van der Waals surface area contributed by atoms with E-state index in [-0.39, 0.29) is 23.9 Å². The predicted molar refractivity (Wildman–Crippen MR) is 141 cm³/mol. The molecular weight excluding hydrogens is 450 g/mol. The molecule has 3 unspecified atom stereocenters. The first-order chi connectivity index (χ1) is 17.5. The molecule has 2 saturated heterocycles. The van der Waals surface area contributed by atoms with Crippen LogP contribution in [0, 0.1) is 23.7 Å². The van der Waals surface area contributed by atoms with Crippen molar-refractivity contribution in [3.63, 3.8) is 0 Å². The zero-order valence-corrected chi connectivity index (χ0v) is 21.9. The van der Waals surface area contributed by atoms with Gasteiger partial charge < -0.3 is 9.30 Å². The van der Waals surface area contributed by atoms with Crippen molar-refractivity contribution in [1.29, 1.82) is 0 Å². The van der Waals surface area contributed by atoms with E-state index in [0.29, 0.717) is 23.5 Å². The number of fused-ring (bicyclic) bond motifs is 8. The fourth-order valence-electron chi connectivity index (χ4n) is 8.43. The number of aromatic nitrogens is 2. The van der Waals surface area contributed by atoms with Crippen LogP contribution in [0.5, 0.6) is 0 Å². The van der Waals surface area contributed by atoms with E-state index < -0.39 is 5.97 Å². The van der Waals surface area contributed by atoms with Crippen LogP contribution in [-0.4, -0.2) is 45.7 Å². The maximum Gasteiger partial charge on any atom is 0.362 e.